The fourth-order valence-electron chi connectivity index (χ4n) is 1.63. The normalized spacial score (nSPS) is 12.7. The Kier molecular flexibility index (Phi) is 6.69. The van der Waals surface area contributed by atoms with Crippen molar-refractivity contribution in [3.63, 3.8) is 0 Å². The van der Waals surface area contributed by atoms with Crippen LogP contribution in [0.25, 0.3) is 0 Å². The molecule has 0 heterocycles. The van der Waals surface area contributed by atoms with E-state index in [1.54, 1.807) is 0 Å². The Morgan fingerprint density at radius 2 is 2.25 bits per heavy atom. The van der Waals surface area contributed by atoms with Gasteiger partial charge in [0, 0.05) is 4.47 Å². The molecule has 1 rings (SSSR count). The second-order valence-electron chi connectivity index (χ2n) is 4.09. The van der Waals surface area contributed by atoms with E-state index in [1.165, 1.54) is 5.56 Å². The minimum atomic E-state index is 0.613. The van der Waals surface area contributed by atoms with Crippen molar-refractivity contribution >= 4 is 15.9 Å². The van der Waals surface area contributed by atoms with E-state index in [2.05, 4.69) is 52.4 Å². The van der Waals surface area contributed by atoms with Gasteiger partial charge in [-0.1, -0.05) is 41.4 Å². The smallest absolute Gasteiger partial charge is 0.0178 e. The molecule has 0 aromatic heterocycles. The van der Waals surface area contributed by atoms with Crippen molar-refractivity contribution in [1.29, 1.82) is 0 Å². The molecule has 3 heteroatoms. The highest BCUT2D eigenvalue weighted by molar-refractivity contribution is 9.10. The van der Waals surface area contributed by atoms with Crippen LogP contribution in [0.3, 0.4) is 0 Å². The van der Waals surface area contributed by atoms with Crippen molar-refractivity contribution in [2.45, 2.75) is 19.8 Å². The van der Waals surface area contributed by atoms with Crippen LogP contribution in [0.2, 0.25) is 0 Å². The third kappa shape index (κ3) is 5.10. The first-order chi connectivity index (χ1) is 7.76. The van der Waals surface area contributed by atoms with Crippen LogP contribution in [-0.4, -0.2) is 19.6 Å². The summed E-state index contributed by atoms with van der Waals surface area (Å²) in [5.74, 6) is 0.613. The standard InChI is InChI=1S/C13H21BrN2/c1-2-11(9-15)10-16-7-6-12-4-3-5-13(14)8-12/h3-5,8,11,16H,2,6-7,9-10,15H2,1H3. The molecule has 0 aliphatic carbocycles. The van der Waals surface area contributed by atoms with Crippen LogP contribution in [-0.2, 0) is 6.42 Å². The predicted molar refractivity (Wildman–Crippen MR) is 73.6 cm³/mol. The number of nitrogens with two attached hydrogens (primary N) is 1. The highest BCUT2D eigenvalue weighted by Gasteiger charge is 2.02. The van der Waals surface area contributed by atoms with Gasteiger partial charge in [-0.2, -0.15) is 0 Å². The second kappa shape index (κ2) is 7.82. The molecule has 0 radical (unpaired) electrons. The SMILES string of the molecule is CCC(CN)CNCCc1cccc(Br)c1. The summed E-state index contributed by atoms with van der Waals surface area (Å²) in [6, 6.07) is 8.46. The van der Waals surface area contributed by atoms with E-state index in [-0.39, 0.29) is 0 Å². The van der Waals surface area contributed by atoms with Crippen molar-refractivity contribution in [3.8, 4) is 0 Å². The molecular weight excluding hydrogens is 264 g/mol. The lowest BCUT2D eigenvalue weighted by molar-refractivity contribution is 0.474. The molecule has 0 aliphatic rings. The van der Waals surface area contributed by atoms with E-state index in [0.29, 0.717) is 5.92 Å². The van der Waals surface area contributed by atoms with Gasteiger partial charge in [0.25, 0.3) is 0 Å². The number of hydrogen-bond acceptors (Lipinski definition) is 2. The third-order valence-electron chi connectivity index (χ3n) is 2.82. The van der Waals surface area contributed by atoms with Gasteiger partial charge in [0.2, 0.25) is 0 Å². The van der Waals surface area contributed by atoms with E-state index in [0.717, 1.165) is 36.9 Å². The molecular formula is C13H21BrN2. The summed E-state index contributed by atoms with van der Waals surface area (Å²) in [6.07, 6.45) is 2.22. The van der Waals surface area contributed by atoms with Gasteiger partial charge in [-0.15, -0.1) is 0 Å². The molecule has 0 bridgehead atoms. The molecule has 0 spiro atoms. The molecule has 1 atom stereocenters. The molecule has 2 nitrogen and oxygen atoms in total. The summed E-state index contributed by atoms with van der Waals surface area (Å²) in [6.45, 7) is 5.02. The maximum atomic E-state index is 5.65. The zero-order valence-corrected chi connectivity index (χ0v) is 11.5. The second-order valence-corrected chi connectivity index (χ2v) is 5.01. The molecule has 0 aliphatic heterocycles. The van der Waals surface area contributed by atoms with Crippen molar-refractivity contribution in [2.24, 2.45) is 11.7 Å². The van der Waals surface area contributed by atoms with Crippen molar-refractivity contribution in [3.05, 3.63) is 34.3 Å². The predicted octanol–water partition coefficient (Wildman–Crippen LogP) is 2.57. The van der Waals surface area contributed by atoms with Gasteiger partial charge in [0.15, 0.2) is 0 Å². The molecule has 1 aromatic carbocycles. The topological polar surface area (TPSA) is 38.0 Å². The molecule has 0 amide bonds. The molecule has 16 heavy (non-hydrogen) atoms. The third-order valence-corrected chi connectivity index (χ3v) is 3.32. The monoisotopic (exact) mass is 284 g/mol. The minimum absolute atomic E-state index is 0.613. The van der Waals surface area contributed by atoms with Crippen molar-refractivity contribution in [2.75, 3.05) is 19.6 Å². The zero-order valence-electron chi connectivity index (χ0n) is 9.88. The summed E-state index contributed by atoms with van der Waals surface area (Å²) in [7, 11) is 0. The Morgan fingerprint density at radius 3 is 2.88 bits per heavy atom. The maximum absolute atomic E-state index is 5.65. The Morgan fingerprint density at radius 1 is 1.44 bits per heavy atom. The molecule has 0 fully saturated rings. The van der Waals surface area contributed by atoms with Gasteiger partial charge in [-0.05, 0) is 49.7 Å². The lowest BCUT2D eigenvalue weighted by Crippen LogP contribution is -2.29. The Hall–Kier alpha value is -0.380. The Bertz CT molecular complexity index is 298. The van der Waals surface area contributed by atoms with Gasteiger partial charge >= 0.3 is 0 Å². The molecule has 0 saturated carbocycles. The van der Waals surface area contributed by atoms with Crippen LogP contribution in [0.1, 0.15) is 18.9 Å². The maximum Gasteiger partial charge on any atom is 0.0178 e. The molecule has 1 aromatic rings. The summed E-state index contributed by atoms with van der Waals surface area (Å²) in [4.78, 5) is 0. The number of benzene rings is 1. The average Bonchev–Trinajstić information content (AvgIpc) is 2.29. The van der Waals surface area contributed by atoms with Gasteiger partial charge < -0.3 is 11.1 Å². The highest BCUT2D eigenvalue weighted by atomic mass is 79.9. The number of halogens is 1. The first kappa shape index (κ1) is 13.7. The van der Waals surface area contributed by atoms with E-state index in [1.807, 2.05) is 0 Å². The van der Waals surface area contributed by atoms with Crippen LogP contribution < -0.4 is 11.1 Å². The van der Waals surface area contributed by atoms with Gasteiger partial charge in [-0.3, -0.25) is 0 Å². The first-order valence-corrected chi connectivity index (χ1v) is 6.70. The quantitative estimate of drug-likeness (QED) is 0.756. The van der Waals surface area contributed by atoms with Crippen LogP contribution in [0, 0.1) is 5.92 Å². The number of hydrogen-bond donors (Lipinski definition) is 2. The van der Waals surface area contributed by atoms with E-state index in [4.69, 9.17) is 5.73 Å². The van der Waals surface area contributed by atoms with E-state index >= 15 is 0 Å². The zero-order chi connectivity index (χ0) is 11.8. The number of rotatable bonds is 7. The molecule has 0 saturated heterocycles. The fraction of sp³-hybridized carbons (Fsp3) is 0.538. The van der Waals surface area contributed by atoms with Crippen molar-refractivity contribution < 1.29 is 0 Å². The highest BCUT2D eigenvalue weighted by Crippen LogP contribution is 2.11. The van der Waals surface area contributed by atoms with Crippen LogP contribution >= 0.6 is 15.9 Å². The summed E-state index contributed by atoms with van der Waals surface area (Å²) >= 11 is 3.48. The van der Waals surface area contributed by atoms with Gasteiger partial charge in [0.1, 0.15) is 0 Å². The summed E-state index contributed by atoms with van der Waals surface area (Å²) in [5.41, 5.74) is 7.01. The van der Waals surface area contributed by atoms with Crippen molar-refractivity contribution in [1.82, 2.24) is 5.32 Å². The fourth-order valence-corrected chi connectivity index (χ4v) is 2.07. The van der Waals surface area contributed by atoms with Crippen LogP contribution in [0.4, 0.5) is 0 Å². The minimum Gasteiger partial charge on any atom is -0.330 e. The first-order valence-electron chi connectivity index (χ1n) is 5.91. The molecule has 90 valence electrons. The summed E-state index contributed by atoms with van der Waals surface area (Å²) in [5, 5.41) is 3.46. The van der Waals surface area contributed by atoms with E-state index < -0.39 is 0 Å². The van der Waals surface area contributed by atoms with Crippen LogP contribution in [0.15, 0.2) is 28.7 Å². The lowest BCUT2D eigenvalue weighted by Gasteiger charge is -2.13. The molecule has 1 unspecified atom stereocenters. The summed E-state index contributed by atoms with van der Waals surface area (Å²) < 4.78 is 1.15. The van der Waals surface area contributed by atoms with Gasteiger partial charge in [0.05, 0.1) is 0 Å². The van der Waals surface area contributed by atoms with Crippen LogP contribution in [0.5, 0.6) is 0 Å². The largest absolute Gasteiger partial charge is 0.330 e. The number of nitrogens with one attached hydrogen (secondary N) is 1. The van der Waals surface area contributed by atoms with Gasteiger partial charge in [-0.25, -0.2) is 0 Å². The lowest BCUT2D eigenvalue weighted by atomic mass is 10.1. The Labute approximate surface area is 107 Å². The molecule has 3 N–H and O–H groups in total. The average molecular weight is 285 g/mol. The van der Waals surface area contributed by atoms with E-state index in [9.17, 15) is 0 Å². The Balaban J connectivity index is 2.20.